The Morgan fingerprint density at radius 1 is 1.15 bits per heavy atom. The number of para-hydroxylation sites is 1. The van der Waals surface area contributed by atoms with Gasteiger partial charge < -0.3 is 4.90 Å². The second-order valence-corrected chi connectivity index (χ2v) is 8.02. The molecule has 1 atom stereocenters. The van der Waals surface area contributed by atoms with Crippen LogP contribution in [0.25, 0.3) is 0 Å². The molecule has 0 saturated heterocycles. The molecule has 4 rings (SSSR count). The second kappa shape index (κ2) is 7.38. The van der Waals surface area contributed by atoms with Crippen molar-refractivity contribution in [2.45, 2.75) is 30.0 Å². The second-order valence-electron chi connectivity index (χ2n) is 6.54. The summed E-state index contributed by atoms with van der Waals surface area (Å²) < 4.78 is 1.88. The first-order valence-corrected chi connectivity index (χ1v) is 9.72. The highest BCUT2D eigenvalue weighted by Gasteiger charge is 2.24. The Morgan fingerprint density at radius 3 is 2.73 bits per heavy atom. The number of aromatic nitrogens is 2. The van der Waals surface area contributed by atoms with Crippen LogP contribution in [0.15, 0.2) is 71.9 Å². The molecule has 0 spiro atoms. The van der Waals surface area contributed by atoms with E-state index in [-0.39, 0.29) is 5.91 Å². The van der Waals surface area contributed by atoms with E-state index < -0.39 is 0 Å². The van der Waals surface area contributed by atoms with Crippen molar-refractivity contribution < 1.29 is 4.79 Å². The molecule has 2 heterocycles. The molecule has 1 aliphatic heterocycles. The van der Waals surface area contributed by atoms with Crippen LogP contribution in [0, 0.1) is 0 Å². The monoisotopic (exact) mass is 363 g/mol. The molecule has 1 aliphatic rings. The number of amides is 1. The highest BCUT2D eigenvalue weighted by Crippen LogP contribution is 2.37. The van der Waals surface area contributed by atoms with Crippen molar-refractivity contribution in [3.8, 4) is 0 Å². The van der Waals surface area contributed by atoms with Gasteiger partial charge in [0, 0.05) is 34.6 Å². The third kappa shape index (κ3) is 3.53. The van der Waals surface area contributed by atoms with Gasteiger partial charge in [-0.15, -0.1) is 11.8 Å². The summed E-state index contributed by atoms with van der Waals surface area (Å²) in [4.78, 5) is 16.3. The molecule has 0 radical (unpaired) electrons. The van der Waals surface area contributed by atoms with Crippen LogP contribution in [0.3, 0.4) is 0 Å². The van der Waals surface area contributed by atoms with Gasteiger partial charge in [0.1, 0.15) is 0 Å². The molecule has 0 fully saturated rings. The average Bonchev–Trinajstić information content (AvgIpc) is 3.10. The predicted octanol–water partition coefficient (Wildman–Crippen LogP) is 4.46. The average molecular weight is 363 g/mol. The van der Waals surface area contributed by atoms with Gasteiger partial charge in [-0.2, -0.15) is 5.10 Å². The van der Waals surface area contributed by atoms with Crippen molar-refractivity contribution in [1.29, 1.82) is 0 Å². The predicted molar refractivity (Wildman–Crippen MR) is 106 cm³/mol. The van der Waals surface area contributed by atoms with Gasteiger partial charge in [0.25, 0.3) is 5.91 Å². The van der Waals surface area contributed by atoms with Gasteiger partial charge in [0.05, 0.1) is 12.2 Å². The highest BCUT2D eigenvalue weighted by atomic mass is 32.2. The zero-order chi connectivity index (χ0) is 17.9. The third-order valence-electron chi connectivity index (χ3n) is 4.59. The van der Waals surface area contributed by atoms with Gasteiger partial charge in [-0.3, -0.25) is 9.48 Å². The molecule has 0 saturated carbocycles. The van der Waals surface area contributed by atoms with Crippen molar-refractivity contribution in [3.63, 3.8) is 0 Å². The molecule has 4 nitrogen and oxygen atoms in total. The summed E-state index contributed by atoms with van der Waals surface area (Å²) in [6.07, 6.45) is 4.70. The van der Waals surface area contributed by atoms with Crippen LogP contribution in [-0.2, 0) is 6.54 Å². The fourth-order valence-electron chi connectivity index (χ4n) is 3.19. The van der Waals surface area contributed by atoms with Crippen LogP contribution in [-0.4, -0.2) is 27.5 Å². The topological polar surface area (TPSA) is 38.1 Å². The summed E-state index contributed by atoms with van der Waals surface area (Å²) in [6, 6.07) is 18.0. The maximum Gasteiger partial charge on any atom is 0.258 e. The summed E-state index contributed by atoms with van der Waals surface area (Å²) in [5, 5.41) is 4.73. The van der Waals surface area contributed by atoms with E-state index in [1.165, 1.54) is 4.90 Å². The van der Waals surface area contributed by atoms with Gasteiger partial charge >= 0.3 is 0 Å². The Balaban J connectivity index is 1.57. The number of anilines is 1. The smallest absolute Gasteiger partial charge is 0.258 e. The van der Waals surface area contributed by atoms with E-state index in [0.717, 1.165) is 29.8 Å². The number of fused-ring (bicyclic) bond motifs is 1. The zero-order valence-electron chi connectivity index (χ0n) is 14.7. The summed E-state index contributed by atoms with van der Waals surface area (Å²) in [6.45, 7) is 3.68. The Hall–Kier alpha value is -2.53. The maximum atomic E-state index is 13.1. The minimum absolute atomic E-state index is 0.0674. The van der Waals surface area contributed by atoms with Gasteiger partial charge in [-0.05, 0) is 42.3 Å². The number of rotatable bonds is 3. The fraction of sp³-hybridized carbons (Fsp3) is 0.238. The molecule has 1 unspecified atom stereocenters. The van der Waals surface area contributed by atoms with Crippen molar-refractivity contribution in [2.24, 2.45) is 0 Å². The number of nitrogens with zero attached hydrogens (tertiary/aromatic N) is 3. The molecule has 2 aromatic carbocycles. The van der Waals surface area contributed by atoms with Gasteiger partial charge in [-0.1, -0.05) is 31.2 Å². The van der Waals surface area contributed by atoms with Crippen molar-refractivity contribution in [2.75, 3.05) is 11.4 Å². The first-order chi connectivity index (χ1) is 12.7. The fourth-order valence-corrected chi connectivity index (χ4v) is 4.30. The van der Waals surface area contributed by atoms with E-state index >= 15 is 0 Å². The molecule has 1 aromatic heterocycles. The van der Waals surface area contributed by atoms with Crippen LogP contribution in [0.4, 0.5) is 5.69 Å². The molecular formula is C21H21N3OS. The number of benzene rings is 2. The molecule has 0 bridgehead atoms. The summed E-state index contributed by atoms with van der Waals surface area (Å²) >= 11 is 1.85. The highest BCUT2D eigenvalue weighted by molar-refractivity contribution is 8.00. The zero-order valence-corrected chi connectivity index (χ0v) is 15.5. The lowest BCUT2D eigenvalue weighted by Crippen LogP contribution is -2.32. The van der Waals surface area contributed by atoms with E-state index in [4.69, 9.17) is 0 Å². The van der Waals surface area contributed by atoms with Crippen molar-refractivity contribution >= 4 is 23.4 Å². The van der Waals surface area contributed by atoms with Gasteiger partial charge in [-0.25, -0.2) is 0 Å². The van der Waals surface area contributed by atoms with E-state index in [2.05, 4.69) is 18.1 Å². The molecule has 5 heteroatoms. The Labute approximate surface area is 157 Å². The van der Waals surface area contributed by atoms with Crippen LogP contribution < -0.4 is 4.90 Å². The number of hydrogen-bond donors (Lipinski definition) is 0. The number of hydrogen-bond acceptors (Lipinski definition) is 3. The van der Waals surface area contributed by atoms with E-state index in [9.17, 15) is 4.79 Å². The Bertz CT molecular complexity index is 890. The lowest BCUT2D eigenvalue weighted by molar-refractivity contribution is 0.0986. The molecular weight excluding hydrogens is 342 g/mol. The molecule has 26 heavy (non-hydrogen) atoms. The summed E-state index contributed by atoms with van der Waals surface area (Å²) in [5.41, 5.74) is 2.88. The first kappa shape index (κ1) is 16.9. The molecule has 0 aliphatic carbocycles. The van der Waals surface area contributed by atoms with Gasteiger partial charge in [0.15, 0.2) is 0 Å². The molecule has 0 N–H and O–H groups in total. The van der Waals surface area contributed by atoms with Crippen LogP contribution >= 0.6 is 11.8 Å². The Kier molecular flexibility index (Phi) is 4.80. The normalized spacial score (nSPS) is 16.8. The minimum atomic E-state index is 0.0674. The van der Waals surface area contributed by atoms with Crippen LogP contribution in [0.1, 0.15) is 29.3 Å². The number of carbonyl (C=O) groups excluding carboxylic acids is 1. The largest absolute Gasteiger partial charge is 0.307 e. The van der Waals surface area contributed by atoms with Crippen LogP contribution in [0.5, 0.6) is 0 Å². The minimum Gasteiger partial charge on any atom is -0.307 e. The van der Waals surface area contributed by atoms with Crippen molar-refractivity contribution in [3.05, 3.63) is 78.1 Å². The molecule has 132 valence electrons. The number of thioether (sulfide) groups is 1. The van der Waals surface area contributed by atoms with E-state index in [1.54, 1.807) is 6.20 Å². The summed E-state index contributed by atoms with van der Waals surface area (Å²) in [5.74, 6) is 0.0674. The van der Waals surface area contributed by atoms with E-state index in [1.807, 2.05) is 76.1 Å². The standard InChI is InChI=1S/C21H21N3OS/c1-16-11-14-24(19-5-2-3-6-20(19)26-16)21(25)18-9-7-17(8-10-18)15-23-13-4-12-22-23/h2-10,12-13,16H,11,14-15H2,1H3. The molecule has 3 aromatic rings. The first-order valence-electron chi connectivity index (χ1n) is 8.84. The lowest BCUT2D eigenvalue weighted by atomic mass is 10.1. The quantitative estimate of drug-likeness (QED) is 0.689. The van der Waals surface area contributed by atoms with Crippen molar-refractivity contribution in [1.82, 2.24) is 9.78 Å². The SMILES string of the molecule is CC1CCN(C(=O)c2ccc(Cn3cccn3)cc2)c2ccccc2S1. The van der Waals surface area contributed by atoms with Gasteiger partial charge in [0.2, 0.25) is 0 Å². The molecule has 1 amide bonds. The third-order valence-corrected chi connectivity index (χ3v) is 5.83. The van der Waals surface area contributed by atoms with Crippen LogP contribution in [0.2, 0.25) is 0 Å². The van der Waals surface area contributed by atoms with E-state index in [0.29, 0.717) is 11.8 Å². The lowest BCUT2D eigenvalue weighted by Gasteiger charge is -2.22. The Morgan fingerprint density at radius 2 is 1.96 bits per heavy atom. The maximum absolute atomic E-state index is 13.1. The summed E-state index contributed by atoms with van der Waals surface area (Å²) in [7, 11) is 0. The number of carbonyl (C=O) groups is 1.